The lowest BCUT2D eigenvalue weighted by Crippen LogP contribution is -2.18. The van der Waals surface area contributed by atoms with Crippen LogP contribution in [0.2, 0.25) is 0 Å². The number of rotatable bonds is 5. The third kappa shape index (κ3) is 6.07. The van der Waals surface area contributed by atoms with Crippen LogP contribution in [0.25, 0.3) is 122 Å². The van der Waals surface area contributed by atoms with Gasteiger partial charge in [0.15, 0.2) is 11.6 Å². The van der Waals surface area contributed by atoms with E-state index < -0.39 is 0 Å². The molecule has 5 nitrogen and oxygen atoms in total. The van der Waals surface area contributed by atoms with Crippen molar-refractivity contribution in [2.45, 2.75) is 12.3 Å². The smallest absolute Gasteiger partial charge is 0.238 e. The van der Waals surface area contributed by atoms with Gasteiger partial charge in [0.2, 0.25) is 5.95 Å². The van der Waals surface area contributed by atoms with Crippen LogP contribution in [-0.4, -0.2) is 19.5 Å². The van der Waals surface area contributed by atoms with Gasteiger partial charge in [-0.2, -0.15) is 9.97 Å². The monoisotopic (exact) mass is 941 g/mol. The molecule has 16 rings (SSSR count). The van der Waals surface area contributed by atoms with E-state index in [-0.39, 0.29) is 5.92 Å². The van der Waals surface area contributed by atoms with Crippen molar-refractivity contribution in [1.29, 1.82) is 0 Å². The first kappa shape index (κ1) is 41.0. The van der Waals surface area contributed by atoms with Gasteiger partial charge in [-0.3, -0.25) is 4.57 Å². The van der Waals surface area contributed by atoms with Crippen LogP contribution in [0.15, 0.2) is 242 Å². The highest BCUT2D eigenvalue weighted by Crippen LogP contribution is 2.56. The van der Waals surface area contributed by atoms with Gasteiger partial charge in [-0.05, 0) is 131 Å². The van der Waals surface area contributed by atoms with Gasteiger partial charge in [-0.1, -0.05) is 200 Å². The average molecular weight is 942 g/mol. The fraction of sp³-hybridized carbons (Fsp3) is 0.0290. The van der Waals surface area contributed by atoms with Crippen LogP contribution in [0.5, 0.6) is 0 Å². The van der Waals surface area contributed by atoms with Crippen LogP contribution in [-0.2, 0) is 6.42 Å². The summed E-state index contributed by atoms with van der Waals surface area (Å²) in [5, 5.41) is 14.9. The highest BCUT2D eigenvalue weighted by atomic mass is 15.2. The minimum absolute atomic E-state index is 0.0852. The van der Waals surface area contributed by atoms with Crippen molar-refractivity contribution >= 4 is 93.1 Å². The largest absolute Gasteiger partial charge is 0.313 e. The van der Waals surface area contributed by atoms with E-state index in [1.54, 1.807) is 0 Å². The lowest BCUT2D eigenvalue weighted by atomic mass is 9.79. The summed E-state index contributed by atoms with van der Waals surface area (Å²) in [7, 11) is 0. The zero-order valence-corrected chi connectivity index (χ0v) is 40.1. The van der Waals surface area contributed by atoms with Crippen molar-refractivity contribution in [2.75, 3.05) is 4.90 Å². The summed E-state index contributed by atoms with van der Waals surface area (Å²) in [5.41, 5.74) is 13.9. The second-order valence-electron chi connectivity index (χ2n) is 19.8. The Bertz CT molecular complexity index is 4630. The van der Waals surface area contributed by atoms with E-state index in [1.165, 1.54) is 87.4 Å². The first-order valence-corrected chi connectivity index (χ1v) is 25.5. The predicted molar refractivity (Wildman–Crippen MR) is 307 cm³/mol. The van der Waals surface area contributed by atoms with Gasteiger partial charge in [0.1, 0.15) is 0 Å². The number of benzene rings is 12. The van der Waals surface area contributed by atoms with Crippen LogP contribution < -0.4 is 4.90 Å². The summed E-state index contributed by atoms with van der Waals surface area (Å²) in [6.45, 7) is 0. The molecule has 0 N–H and O–H groups in total. The summed E-state index contributed by atoms with van der Waals surface area (Å²) in [6, 6.07) is 85.9. The quantitative estimate of drug-likeness (QED) is 0.161. The highest BCUT2D eigenvalue weighted by molar-refractivity contribution is 6.29. The topological polar surface area (TPSA) is 46.8 Å². The molecule has 0 amide bonds. The molecule has 5 heteroatoms. The van der Waals surface area contributed by atoms with Crippen LogP contribution in [0.1, 0.15) is 22.6 Å². The standard InChI is InChI=1S/C69H43N5/c1-4-19-42(20-5-1)45-25-18-26-46(35-45)73-63-39-57-53-33-16-12-29-49(53)47-27-10-14-31-51(47)55(57)36-59(63)61-38-62-60-37-56-52-32-15-11-28-48(52)50-30-13-17-34-54(50)58(56)40-64(60)74(66(62)41-65(61)73)69-71-67(43-21-6-2-7-22-43)70-68(72-69)44-23-8-3-9-24-44/h1-35,37-41,59H,36H2. The molecule has 1 aliphatic carbocycles. The molecule has 1 aliphatic heterocycles. The Balaban J connectivity index is 1.04. The molecule has 344 valence electrons. The minimum atomic E-state index is 0.0852. The lowest BCUT2D eigenvalue weighted by molar-refractivity contribution is 0.806. The molecule has 74 heavy (non-hydrogen) atoms. The first-order valence-electron chi connectivity index (χ1n) is 25.5. The van der Waals surface area contributed by atoms with E-state index >= 15 is 0 Å². The van der Waals surface area contributed by atoms with Gasteiger partial charge < -0.3 is 4.90 Å². The molecule has 0 saturated heterocycles. The van der Waals surface area contributed by atoms with E-state index in [1.807, 2.05) is 36.4 Å². The van der Waals surface area contributed by atoms with E-state index in [0.29, 0.717) is 17.6 Å². The second-order valence-corrected chi connectivity index (χ2v) is 19.8. The van der Waals surface area contributed by atoms with Crippen molar-refractivity contribution in [3.05, 3.63) is 259 Å². The zero-order chi connectivity index (χ0) is 48.4. The van der Waals surface area contributed by atoms with Gasteiger partial charge in [0.05, 0.1) is 16.7 Å². The SMILES string of the molecule is C1=C2C(Cc3c1c1ccccc1c1ccccc31)c1cc3c4cc5c6ccccc6c6ccccc6c5cc4n(-c4nc(-c5ccccc5)nc(-c5ccccc5)n4)c3cc1N2c1cccc(-c2ccccc2)c1. The third-order valence-corrected chi connectivity index (χ3v) is 15.9. The van der Waals surface area contributed by atoms with Crippen LogP contribution >= 0.6 is 0 Å². The number of aromatic nitrogens is 4. The maximum Gasteiger partial charge on any atom is 0.238 e. The third-order valence-electron chi connectivity index (χ3n) is 15.9. The highest BCUT2D eigenvalue weighted by Gasteiger charge is 2.39. The summed E-state index contributed by atoms with van der Waals surface area (Å²) in [5.74, 6) is 1.90. The van der Waals surface area contributed by atoms with Crippen molar-refractivity contribution in [1.82, 2.24) is 19.5 Å². The number of nitrogens with zero attached hydrogens (tertiary/aromatic N) is 5. The van der Waals surface area contributed by atoms with Crippen LogP contribution in [0, 0.1) is 0 Å². The van der Waals surface area contributed by atoms with E-state index in [0.717, 1.165) is 50.7 Å². The molecule has 12 aromatic carbocycles. The van der Waals surface area contributed by atoms with Gasteiger partial charge in [0, 0.05) is 39.2 Å². The number of anilines is 2. The Kier molecular flexibility index (Phi) is 8.80. The molecular weight excluding hydrogens is 899 g/mol. The Morgan fingerprint density at radius 1 is 0.351 bits per heavy atom. The molecule has 2 aliphatic rings. The van der Waals surface area contributed by atoms with Gasteiger partial charge >= 0.3 is 0 Å². The lowest BCUT2D eigenvalue weighted by Gasteiger charge is -2.29. The van der Waals surface area contributed by atoms with Crippen molar-refractivity contribution in [3.63, 3.8) is 0 Å². The number of allylic oxidation sites excluding steroid dienone is 1. The summed E-state index contributed by atoms with van der Waals surface area (Å²) < 4.78 is 2.32. The normalized spacial score (nSPS) is 14.1. The zero-order valence-electron chi connectivity index (χ0n) is 40.1. The van der Waals surface area contributed by atoms with Crippen molar-refractivity contribution in [2.24, 2.45) is 0 Å². The average Bonchev–Trinajstić information content (AvgIpc) is 3.98. The molecular formula is C69H43N5. The molecule has 0 spiro atoms. The second kappa shape index (κ2) is 15.9. The Hall–Kier alpha value is -9.71. The maximum absolute atomic E-state index is 5.45. The summed E-state index contributed by atoms with van der Waals surface area (Å²) in [6.07, 6.45) is 3.38. The van der Waals surface area contributed by atoms with Gasteiger partial charge in [0.25, 0.3) is 0 Å². The Morgan fingerprint density at radius 2 is 0.824 bits per heavy atom. The molecule has 14 aromatic rings. The first-order chi connectivity index (χ1) is 36.7. The maximum atomic E-state index is 5.45. The summed E-state index contributed by atoms with van der Waals surface area (Å²) in [4.78, 5) is 18.6. The Labute approximate surface area is 426 Å². The molecule has 0 fully saturated rings. The fourth-order valence-corrected chi connectivity index (χ4v) is 12.6. The Morgan fingerprint density at radius 3 is 1.45 bits per heavy atom. The van der Waals surface area contributed by atoms with Crippen LogP contribution in [0.3, 0.4) is 0 Å². The molecule has 1 unspecified atom stereocenters. The predicted octanol–water partition coefficient (Wildman–Crippen LogP) is 17.6. The molecule has 0 radical (unpaired) electrons. The van der Waals surface area contributed by atoms with Crippen molar-refractivity contribution in [3.8, 4) is 39.9 Å². The van der Waals surface area contributed by atoms with Gasteiger partial charge in [-0.15, -0.1) is 0 Å². The summed E-state index contributed by atoms with van der Waals surface area (Å²) >= 11 is 0. The minimum Gasteiger partial charge on any atom is -0.313 e. The molecule has 0 saturated carbocycles. The van der Waals surface area contributed by atoms with E-state index in [4.69, 9.17) is 15.0 Å². The number of hydrogen-bond donors (Lipinski definition) is 0. The molecule has 2 aromatic heterocycles. The molecule has 1 atom stereocenters. The fourth-order valence-electron chi connectivity index (χ4n) is 12.6. The van der Waals surface area contributed by atoms with Crippen LogP contribution in [0.4, 0.5) is 11.4 Å². The number of fused-ring (bicyclic) bond motifs is 18. The number of hydrogen-bond acceptors (Lipinski definition) is 4. The van der Waals surface area contributed by atoms with Crippen molar-refractivity contribution < 1.29 is 0 Å². The van der Waals surface area contributed by atoms with E-state index in [9.17, 15) is 0 Å². The van der Waals surface area contributed by atoms with E-state index in [2.05, 4.69) is 216 Å². The molecule has 3 heterocycles. The molecule has 0 bridgehead atoms. The van der Waals surface area contributed by atoms with Gasteiger partial charge in [-0.25, -0.2) is 4.98 Å².